The van der Waals surface area contributed by atoms with E-state index >= 15 is 0 Å². The monoisotopic (exact) mass is 219 g/mol. The van der Waals surface area contributed by atoms with Gasteiger partial charge in [-0.1, -0.05) is 30.3 Å². The van der Waals surface area contributed by atoms with E-state index in [9.17, 15) is 8.42 Å². The fourth-order valence-corrected chi connectivity index (χ4v) is 2.30. The predicted octanol–water partition coefficient (Wildman–Crippen LogP) is 2.45. The van der Waals surface area contributed by atoms with E-state index in [1.165, 1.54) is 0 Å². The van der Waals surface area contributed by atoms with Crippen molar-refractivity contribution < 1.29 is 8.42 Å². The standard InChI is InChI=1S/C12H11O2S/c1-2-15(13,14)12-8-7-10-5-3-4-6-11(10)9-12/h3-9H,1-2H2. The van der Waals surface area contributed by atoms with Crippen LogP contribution in [0.4, 0.5) is 0 Å². The molecule has 2 rings (SSSR count). The summed E-state index contributed by atoms with van der Waals surface area (Å²) in [4.78, 5) is 0.344. The first-order chi connectivity index (χ1) is 7.13. The van der Waals surface area contributed by atoms with Gasteiger partial charge in [-0.25, -0.2) is 8.42 Å². The molecule has 0 saturated carbocycles. The zero-order chi connectivity index (χ0) is 10.9. The van der Waals surface area contributed by atoms with Crippen molar-refractivity contribution in [1.29, 1.82) is 0 Å². The van der Waals surface area contributed by atoms with Gasteiger partial charge in [0.15, 0.2) is 9.84 Å². The van der Waals surface area contributed by atoms with Crippen LogP contribution in [0.3, 0.4) is 0 Å². The van der Waals surface area contributed by atoms with Crippen LogP contribution in [0.15, 0.2) is 47.4 Å². The Morgan fingerprint density at radius 1 is 1.00 bits per heavy atom. The molecular weight excluding hydrogens is 208 g/mol. The van der Waals surface area contributed by atoms with Crippen molar-refractivity contribution in [1.82, 2.24) is 0 Å². The van der Waals surface area contributed by atoms with E-state index < -0.39 is 9.84 Å². The summed E-state index contributed by atoms with van der Waals surface area (Å²) in [5, 5.41) is 1.98. The zero-order valence-electron chi connectivity index (χ0n) is 8.18. The lowest BCUT2D eigenvalue weighted by molar-refractivity contribution is 0.599. The fourth-order valence-electron chi connectivity index (χ4n) is 1.48. The maximum Gasteiger partial charge on any atom is 0.178 e. The third-order valence-electron chi connectivity index (χ3n) is 2.35. The average Bonchev–Trinajstić information content (AvgIpc) is 2.28. The molecular formula is C12H11O2S. The molecule has 15 heavy (non-hydrogen) atoms. The van der Waals surface area contributed by atoms with Gasteiger partial charge < -0.3 is 0 Å². The highest BCUT2D eigenvalue weighted by Gasteiger charge is 2.11. The Balaban J connectivity index is 2.67. The van der Waals surface area contributed by atoms with Crippen molar-refractivity contribution in [3.8, 4) is 0 Å². The third-order valence-corrected chi connectivity index (χ3v) is 3.86. The molecule has 0 aliphatic carbocycles. The summed E-state index contributed by atoms with van der Waals surface area (Å²) >= 11 is 0. The molecule has 0 N–H and O–H groups in total. The molecule has 1 radical (unpaired) electrons. The van der Waals surface area contributed by atoms with Crippen LogP contribution in [0.25, 0.3) is 10.8 Å². The molecule has 0 aliphatic rings. The van der Waals surface area contributed by atoms with Gasteiger partial charge in [-0.3, -0.25) is 0 Å². The Labute approximate surface area is 89.5 Å². The Morgan fingerprint density at radius 3 is 2.33 bits per heavy atom. The normalized spacial score (nSPS) is 11.8. The van der Waals surface area contributed by atoms with Gasteiger partial charge in [0.05, 0.1) is 10.6 Å². The van der Waals surface area contributed by atoms with E-state index in [-0.39, 0.29) is 5.75 Å². The Kier molecular flexibility index (Phi) is 2.49. The molecule has 0 spiro atoms. The number of hydrogen-bond acceptors (Lipinski definition) is 2. The van der Waals surface area contributed by atoms with Crippen molar-refractivity contribution in [3.05, 3.63) is 49.4 Å². The van der Waals surface area contributed by atoms with E-state index in [1.54, 1.807) is 12.1 Å². The molecule has 0 aromatic heterocycles. The summed E-state index contributed by atoms with van der Waals surface area (Å²) in [6, 6.07) is 12.8. The first kappa shape index (κ1) is 10.2. The minimum Gasteiger partial charge on any atom is -0.224 e. The minimum atomic E-state index is -3.20. The maximum atomic E-state index is 11.6. The van der Waals surface area contributed by atoms with E-state index in [4.69, 9.17) is 0 Å². The van der Waals surface area contributed by atoms with Crippen LogP contribution in [0.5, 0.6) is 0 Å². The number of fused-ring (bicyclic) bond motifs is 1. The van der Waals surface area contributed by atoms with Crippen molar-refractivity contribution >= 4 is 20.6 Å². The first-order valence-electron chi connectivity index (χ1n) is 4.64. The molecule has 0 bridgehead atoms. The number of hydrogen-bond donors (Lipinski definition) is 0. The Hall–Kier alpha value is -1.35. The molecule has 2 aromatic carbocycles. The molecule has 0 saturated heterocycles. The second-order valence-electron chi connectivity index (χ2n) is 3.33. The van der Waals surface area contributed by atoms with Crippen LogP contribution in [0.1, 0.15) is 0 Å². The molecule has 2 nitrogen and oxygen atoms in total. The van der Waals surface area contributed by atoms with Gasteiger partial charge >= 0.3 is 0 Å². The predicted molar refractivity (Wildman–Crippen MR) is 61.4 cm³/mol. The minimum absolute atomic E-state index is 0.106. The highest BCUT2D eigenvalue weighted by Crippen LogP contribution is 2.19. The van der Waals surface area contributed by atoms with Crippen LogP contribution in [0, 0.1) is 6.92 Å². The smallest absolute Gasteiger partial charge is 0.178 e. The molecule has 0 heterocycles. The number of benzene rings is 2. The van der Waals surface area contributed by atoms with Crippen LogP contribution >= 0.6 is 0 Å². The van der Waals surface area contributed by atoms with Gasteiger partial charge in [0.2, 0.25) is 0 Å². The fraction of sp³-hybridized carbons (Fsp3) is 0.0833. The molecule has 0 aliphatic heterocycles. The molecule has 0 fully saturated rings. The van der Waals surface area contributed by atoms with Crippen molar-refractivity contribution in [2.75, 3.05) is 5.75 Å². The zero-order valence-corrected chi connectivity index (χ0v) is 9.00. The van der Waals surface area contributed by atoms with E-state index in [1.807, 2.05) is 30.3 Å². The summed E-state index contributed by atoms with van der Waals surface area (Å²) in [6.45, 7) is 3.43. The van der Waals surface area contributed by atoms with Crippen LogP contribution < -0.4 is 0 Å². The molecule has 0 amide bonds. The lowest BCUT2D eigenvalue weighted by atomic mass is 10.1. The summed E-state index contributed by atoms with van der Waals surface area (Å²) in [6.07, 6.45) is 0. The van der Waals surface area contributed by atoms with Gasteiger partial charge in [-0.05, 0) is 29.8 Å². The van der Waals surface area contributed by atoms with Gasteiger partial charge in [-0.2, -0.15) is 0 Å². The summed E-state index contributed by atoms with van der Waals surface area (Å²) in [5.41, 5.74) is 0. The Morgan fingerprint density at radius 2 is 1.67 bits per heavy atom. The van der Waals surface area contributed by atoms with E-state index in [0.29, 0.717) is 4.90 Å². The summed E-state index contributed by atoms with van der Waals surface area (Å²) < 4.78 is 23.2. The Bertz CT molecular complexity index is 585. The largest absolute Gasteiger partial charge is 0.224 e. The van der Waals surface area contributed by atoms with Crippen molar-refractivity contribution in [2.45, 2.75) is 4.90 Å². The second-order valence-corrected chi connectivity index (χ2v) is 5.44. The van der Waals surface area contributed by atoms with Crippen molar-refractivity contribution in [3.63, 3.8) is 0 Å². The molecule has 3 heteroatoms. The first-order valence-corrected chi connectivity index (χ1v) is 6.29. The summed E-state index contributed by atoms with van der Waals surface area (Å²) in [7, 11) is -3.20. The lowest BCUT2D eigenvalue weighted by Crippen LogP contribution is -2.03. The maximum absolute atomic E-state index is 11.6. The topological polar surface area (TPSA) is 34.1 Å². The molecule has 2 aromatic rings. The third kappa shape index (κ3) is 1.88. The quantitative estimate of drug-likeness (QED) is 0.777. The van der Waals surface area contributed by atoms with Gasteiger partial charge in [0.25, 0.3) is 0 Å². The van der Waals surface area contributed by atoms with Gasteiger partial charge in [-0.15, -0.1) is 0 Å². The highest BCUT2D eigenvalue weighted by molar-refractivity contribution is 7.91. The van der Waals surface area contributed by atoms with E-state index in [0.717, 1.165) is 10.8 Å². The SMILES string of the molecule is [CH2]CS(=O)(=O)c1ccc2ccccc2c1. The van der Waals surface area contributed by atoms with E-state index in [2.05, 4.69) is 6.92 Å². The second kappa shape index (κ2) is 3.66. The van der Waals surface area contributed by atoms with Crippen LogP contribution in [-0.4, -0.2) is 14.2 Å². The lowest BCUT2D eigenvalue weighted by Gasteiger charge is -2.03. The highest BCUT2D eigenvalue weighted by atomic mass is 32.2. The summed E-state index contributed by atoms with van der Waals surface area (Å²) in [5.74, 6) is -0.106. The number of rotatable bonds is 2. The number of sulfone groups is 1. The van der Waals surface area contributed by atoms with Gasteiger partial charge in [0.1, 0.15) is 0 Å². The molecule has 0 atom stereocenters. The van der Waals surface area contributed by atoms with Crippen molar-refractivity contribution in [2.24, 2.45) is 0 Å². The molecule has 0 unspecified atom stereocenters. The van der Waals surface area contributed by atoms with Gasteiger partial charge in [0, 0.05) is 0 Å². The average molecular weight is 219 g/mol. The molecule has 77 valence electrons. The van der Waals surface area contributed by atoms with Crippen LogP contribution in [-0.2, 0) is 9.84 Å². The van der Waals surface area contributed by atoms with Crippen LogP contribution in [0.2, 0.25) is 0 Å².